The van der Waals surface area contributed by atoms with E-state index in [0.29, 0.717) is 31.9 Å². The summed E-state index contributed by atoms with van der Waals surface area (Å²) in [5, 5.41) is 12.0. The average molecular weight is 247 g/mol. The molecule has 2 aromatic rings. The number of rotatable bonds is 6. The van der Waals surface area contributed by atoms with Crippen LogP contribution in [0.15, 0.2) is 24.3 Å². The number of ether oxygens (including phenoxy) is 1. The Morgan fingerprint density at radius 1 is 1.39 bits per heavy atom. The zero-order valence-electron chi connectivity index (χ0n) is 10.4. The van der Waals surface area contributed by atoms with E-state index in [1.807, 2.05) is 31.2 Å². The third-order valence-corrected chi connectivity index (χ3v) is 2.41. The lowest BCUT2D eigenvalue weighted by molar-refractivity contribution is 0.318. The Morgan fingerprint density at radius 3 is 3.06 bits per heavy atom. The Kier molecular flexibility index (Phi) is 4.25. The number of aryl methyl sites for hydroxylation is 1. The summed E-state index contributed by atoms with van der Waals surface area (Å²) in [6.45, 7) is 3.67. The van der Waals surface area contributed by atoms with Gasteiger partial charge in [0.1, 0.15) is 5.75 Å². The van der Waals surface area contributed by atoms with Crippen molar-refractivity contribution in [2.24, 2.45) is 5.73 Å². The molecule has 1 aromatic heterocycles. The standard InChI is InChI=1S/C12H17N5O/c1-10-3-2-4-11(9-10)18-8-5-12-14-16-17(15-12)7-6-13/h2-4,9H,5-8,13H2,1H3. The molecule has 2 rings (SSSR count). The van der Waals surface area contributed by atoms with E-state index in [2.05, 4.69) is 15.4 Å². The van der Waals surface area contributed by atoms with Crippen molar-refractivity contribution >= 4 is 0 Å². The molecule has 0 atom stereocenters. The monoisotopic (exact) mass is 247 g/mol. The van der Waals surface area contributed by atoms with Crippen LogP contribution in [-0.4, -0.2) is 33.4 Å². The van der Waals surface area contributed by atoms with E-state index in [1.165, 1.54) is 10.4 Å². The van der Waals surface area contributed by atoms with Crippen molar-refractivity contribution in [3.05, 3.63) is 35.7 Å². The van der Waals surface area contributed by atoms with Gasteiger partial charge >= 0.3 is 0 Å². The topological polar surface area (TPSA) is 78.9 Å². The number of nitrogens with two attached hydrogens (primary N) is 1. The molecule has 0 aliphatic heterocycles. The summed E-state index contributed by atoms with van der Waals surface area (Å²) in [5.41, 5.74) is 6.59. The molecule has 6 nitrogen and oxygen atoms in total. The maximum Gasteiger partial charge on any atom is 0.178 e. The minimum atomic E-state index is 0.510. The van der Waals surface area contributed by atoms with Gasteiger partial charge in [-0.3, -0.25) is 0 Å². The summed E-state index contributed by atoms with van der Waals surface area (Å²) in [5.74, 6) is 1.54. The predicted octanol–water partition coefficient (Wildman–Crippen LogP) is 0.562. The highest BCUT2D eigenvalue weighted by atomic mass is 16.5. The summed E-state index contributed by atoms with van der Waals surface area (Å²) >= 11 is 0. The summed E-state index contributed by atoms with van der Waals surface area (Å²) < 4.78 is 5.62. The Bertz CT molecular complexity index is 497. The van der Waals surface area contributed by atoms with Crippen LogP contribution in [0.25, 0.3) is 0 Å². The minimum Gasteiger partial charge on any atom is -0.493 e. The fourth-order valence-electron chi connectivity index (χ4n) is 1.55. The SMILES string of the molecule is Cc1cccc(OCCc2nnn(CCN)n2)c1. The molecule has 0 fully saturated rings. The molecule has 0 spiro atoms. The van der Waals surface area contributed by atoms with E-state index in [-0.39, 0.29) is 0 Å². The van der Waals surface area contributed by atoms with Crippen LogP contribution < -0.4 is 10.5 Å². The lowest BCUT2D eigenvalue weighted by Crippen LogP contribution is -2.12. The molecule has 0 amide bonds. The number of hydrogen-bond donors (Lipinski definition) is 1. The van der Waals surface area contributed by atoms with Gasteiger partial charge in [0.25, 0.3) is 0 Å². The molecule has 0 saturated heterocycles. The molecule has 0 saturated carbocycles. The Morgan fingerprint density at radius 2 is 2.28 bits per heavy atom. The van der Waals surface area contributed by atoms with E-state index in [4.69, 9.17) is 10.5 Å². The number of aromatic nitrogens is 4. The first-order chi connectivity index (χ1) is 8.78. The second kappa shape index (κ2) is 6.11. The summed E-state index contributed by atoms with van der Waals surface area (Å²) in [7, 11) is 0. The van der Waals surface area contributed by atoms with Crippen molar-refractivity contribution in [2.75, 3.05) is 13.2 Å². The van der Waals surface area contributed by atoms with Crippen LogP contribution in [0.4, 0.5) is 0 Å². The fraction of sp³-hybridized carbons (Fsp3) is 0.417. The fourth-order valence-corrected chi connectivity index (χ4v) is 1.55. The molecule has 0 bridgehead atoms. The van der Waals surface area contributed by atoms with Crippen LogP contribution in [-0.2, 0) is 13.0 Å². The molecule has 2 N–H and O–H groups in total. The largest absolute Gasteiger partial charge is 0.493 e. The van der Waals surface area contributed by atoms with Crippen molar-refractivity contribution in [3.63, 3.8) is 0 Å². The van der Waals surface area contributed by atoms with E-state index < -0.39 is 0 Å². The van der Waals surface area contributed by atoms with Crippen LogP contribution in [0.5, 0.6) is 5.75 Å². The van der Waals surface area contributed by atoms with Gasteiger partial charge in [0, 0.05) is 13.0 Å². The normalized spacial score (nSPS) is 10.6. The first-order valence-corrected chi connectivity index (χ1v) is 5.94. The van der Waals surface area contributed by atoms with Crippen molar-refractivity contribution in [1.29, 1.82) is 0 Å². The van der Waals surface area contributed by atoms with Crippen molar-refractivity contribution < 1.29 is 4.74 Å². The summed E-state index contributed by atoms with van der Waals surface area (Å²) in [4.78, 5) is 1.50. The molecule has 0 unspecified atom stereocenters. The van der Waals surface area contributed by atoms with Gasteiger partial charge in [-0.1, -0.05) is 12.1 Å². The molecule has 0 aliphatic carbocycles. The minimum absolute atomic E-state index is 0.510. The third kappa shape index (κ3) is 3.53. The van der Waals surface area contributed by atoms with Crippen LogP contribution in [0.2, 0.25) is 0 Å². The van der Waals surface area contributed by atoms with E-state index >= 15 is 0 Å². The van der Waals surface area contributed by atoms with E-state index in [9.17, 15) is 0 Å². The predicted molar refractivity (Wildman–Crippen MR) is 67.2 cm³/mol. The molecule has 96 valence electrons. The van der Waals surface area contributed by atoms with Gasteiger partial charge in [0.2, 0.25) is 0 Å². The molecule has 0 aliphatic rings. The maximum atomic E-state index is 5.62. The summed E-state index contributed by atoms with van der Waals surface area (Å²) in [6.07, 6.45) is 0.637. The second-order valence-corrected chi connectivity index (χ2v) is 4.01. The molecule has 18 heavy (non-hydrogen) atoms. The summed E-state index contributed by atoms with van der Waals surface area (Å²) in [6, 6.07) is 7.94. The van der Waals surface area contributed by atoms with E-state index in [0.717, 1.165) is 5.75 Å². The number of tetrazole rings is 1. The second-order valence-electron chi connectivity index (χ2n) is 4.01. The van der Waals surface area contributed by atoms with Gasteiger partial charge in [0.05, 0.1) is 13.2 Å². The Hall–Kier alpha value is -1.95. The van der Waals surface area contributed by atoms with Gasteiger partial charge in [-0.15, -0.1) is 10.2 Å². The Balaban J connectivity index is 1.81. The van der Waals surface area contributed by atoms with Crippen LogP contribution in [0.1, 0.15) is 11.4 Å². The van der Waals surface area contributed by atoms with Crippen molar-refractivity contribution in [2.45, 2.75) is 19.9 Å². The lowest BCUT2D eigenvalue weighted by atomic mass is 10.2. The number of nitrogens with zero attached hydrogens (tertiary/aromatic N) is 4. The van der Waals surface area contributed by atoms with Gasteiger partial charge < -0.3 is 10.5 Å². The van der Waals surface area contributed by atoms with Gasteiger partial charge in [-0.05, 0) is 29.8 Å². The molecule has 0 radical (unpaired) electrons. The lowest BCUT2D eigenvalue weighted by Gasteiger charge is -2.04. The van der Waals surface area contributed by atoms with Crippen LogP contribution in [0, 0.1) is 6.92 Å². The van der Waals surface area contributed by atoms with Crippen LogP contribution >= 0.6 is 0 Å². The van der Waals surface area contributed by atoms with Crippen molar-refractivity contribution in [1.82, 2.24) is 20.2 Å². The highest BCUT2D eigenvalue weighted by Gasteiger charge is 2.02. The zero-order chi connectivity index (χ0) is 12.8. The molecular weight excluding hydrogens is 230 g/mol. The Labute approximate surface area is 106 Å². The first kappa shape index (κ1) is 12.5. The number of benzene rings is 1. The third-order valence-electron chi connectivity index (χ3n) is 2.41. The van der Waals surface area contributed by atoms with Crippen molar-refractivity contribution in [3.8, 4) is 5.75 Å². The quantitative estimate of drug-likeness (QED) is 0.807. The molecular formula is C12H17N5O. The van der Waals surface area contributed by atoms with Gasteiger partial charge in [-0.2, -0.15) is 4.80 Å². The molecule has 6 heteroatoms. The zero-order valence-corrected chi connectivity index (χ0v) is 10.4. The molecule has 1 aromatic carbocycles. The van der Waals surface area contributed by atoms with E-state index in [1.54, 1.807) is 0 Å². The maximum absolute atomic E-state index is 5.62. The molecule has 1 heterocycles. The smallest absolute Gasteiger partial charge is 0.178 e. The number of hydrogen-bond acceptors (Lipinski definition) is 5. The average Bonchev–Trinajstić information content (AvgIpc) is 2.78. The van der Waals surface area contributed by atoms with Gasteiger partial charge in [-0.25, -0.2) is 0 Å². The van der Waals surface area contributed by atoms with Crippen LogP contribution in [0.3, 0.4) is 0 Å². The first-order valence-electron chi connectivity index (χ1n) is 5.94. The highest BCUT2D eigenvalue weighted by Crippen LogP contribution is 2.12. The van der Waals surface area contributed by atoms with Gasteiger partial charge in [0.15, 0.2) is 5.82 Å². The highest BCUT2D eigenvalue weighted by molar-refractivity contribution is 5.27.